The highest BCUT2D eigenvalue weighted by Crippen LogP contribution is 2.22. The van der Waals surface area contributed by atoms with Gasteiger partial charge in [-0.25, -0.2) is 10.5 Å². The van der Waals surface area contributed by atoms with Crippen molar-refractivity contribution < 1.29 is 10.0 Å². The zero-order valence-corrected chi connectivity index (χ0v) is 13.1. The molecular formula is C17H22N4O2. The van der Waals surface area contributed by atoms with Gasteiger partial charge in [0.25, 0.3) is 0 Å². The van der Waals surface area contributed by atoms with Crippen molar-refractivity contribution in [2.45, 2.75) is 32.1 Å². The maximum Gasteiger partial charge on any atom is 0.243 e. The molecule has 0 radical (unpaired) electrons. The van der Waals surface area contributed by atoms with Crippen LogP contribution in [0.2, 0.25) is 0 Å². The highest BCUT2D eigenvalue weighted by Gasteiger charge is 2.10. The summed E-state index contributed by atoms with van der Waals surface area (Å²) in [7, 11) is 0. The number of nitrogens with zero attached hydrogens (tertiary/aromatic N) is 3. The van der Waals surface area contributed by atoms with Crippen molar-refractivity contribution in [2.24, 2.45) is 0 Å². The minimum Gasteiger partial charge on any atom is -0.325 e. The summed E-state index contributed by atoms with van der Waals surface area (Å²) < 4.78 is 0. The van der Waals surface area contributed by atoms with E-state index in [1.165, 1.54) is 0 Å². The third kappa shape index (κ3) is 5.67. The lowest BCUT2D eigenvalue weighted by Crippen LogP contribution is -2.20. The first-order valence-corrected chi connectivity index (χ1v) is 7.83. The molecule has 0 aliphatic carbocycles. The summed E-state index contributed by atoms with van der Waals surface area (Å²) >= 11 is 0. The SMILES string of the molecule is O=C(CCCCCCN(c1cccnc1)c1ccccn1)NO. The summed E-state index contributed by atoms with van der Waals surface area (Å²) in [4.78, 5) is 21.7. The lowest BCUT2D eigenvalue weighted by Gasteiger charge is -2.23. The molecule has 2 heterocycles. The van der Waals surface area contributed by atoms with Crippen LogP contribution in [0.3, 0.4) is 0 Å². The Labute approximate surface area is 136 Å². The number of hydrogen-bond donors (Lipinski definition) is 2. The van der Waals surface area contributed by atoms with E-state index in [-0.39, 0.29) is 5.91 Å². The first-order chi connectivity index (χ1) is 11.3. The number of carbonyl (C=O) groups is 1. The van der Waals surface area contributed by atoms with E-state index < -0.39 is 0 Å². The van der Waals surface area contributed by atoms with Crippen LogP contribution < -0.4 is 10.4 Å². The normalized spacial score (nSPS) is 10.3. The zero-order chi connectivity index (χ0) is 16.3. The van der Waals surface area contributed by atoms with Gasteiger partial charge in [-0.3, -0.25) is 15.0 Å². The summed E-state index contributed by atoms with van der Waals surface area (Å²) in [5.74, 6) is 0.579. The third-order valence-electron chi connectivity index (χ3n) is 3.54. The molecule has 2 N–H and O–H groups in total. The van der Waals surface area contributed by atoms with Gasteiger partial charge in [-0.1, -0.05) is 18.9 Å². The summed E-state index contributed by atoms with van der Waals surface area (Å²) in [6, 6.07) is 9.79. The Balaban J connectivity index is 1.86. The number of aromatic nitrogens is 2. The van der Waals surface area contributed by atoms with E-state index in [1.54, 1.807) is 17.9 Å². The maximum absolute atomic E-state index is 10.9. The molecule has 0 atom stereocenters. The number of nitrogens with one attached hydrogen (secondary N) is 1. The Kier molecular flexibility index (Phi) is 7.00. The van der Waals surface area contributed by atoms with Crippen molar-refractivity contribution in [1.29, 1.82) is 0 Å². The van der Waals surface area contributed by atoms with Crippen LogP contribution in [-0.2, 0) is 4.79 Å². The molecule has 0 saturated heterocycles. The molecule has 0 unspecified atom stereocenters. The van der Waals surface area contributed by atoms with Crippen LogP contribution in [0.15, 0.2) is 48.9 Å². The topological polar surface area (TPSA) is 78.4 Å². The Morgan fingerprint density at radius 3 is 2.65 bits per heavy atom. The fourth-order valence-electron chi connectivity index (χ4n) is 2.37. The number of hydrogen-bond acceptors (Lipinski definition) is 5. The summed E-state index contributed by atoms with van der Waals surface area (Å²) in [5.41, 5.74) is 2.67. The first kappa shape index (κ1) is 16.9. The predicted octanol–water partition coefficient (Wildman–Crippen LogP) is 3.07. The van der Waals surface area contributed by atoms with Crippen molar-refractivity contribution in [3.05, 3.63) is 48.9 Å². The molecule has 0 fully saturated rings. The van der Waals surface area contributed by atoms with Crippen LogP contribution in [0.1, 0.15) is 32.1 Å². The molecular weight excluding hydrogens is 292 g/mol. The molecule has 0 aliphatic heterocycles. The second kappa shape index (κ2) is 9.53. The standard InChI is InChI=1S/C17H22N4O2/c22-17(20-23)10-3-1-2-6-13-21(15-8-7-11-18-14-15)16-9-4-5-12-19-16/h4-5,7-9,11-12,14,23H,1-3,6,10,13H2,(H,20,22). The number of pyridine rings is 2. The molecule has 2 aromatic rings. The van der Waals surface area contributed by atoms with Crippen LogP contribution in [-0.4, -0.2) is 27.6 Å². The van der Waals surface area contributed by atoms with Crippen LogP contribution in [0.4, 0.5) is 11.5 Å². The van der Waals surface area contributed by atoms with E-state index in [2.05, 4.69) is 14.9 Å². The molecule has 0 aromatic carbocycles. The quantitative estimate of drug-likeness (QED) is 0.422. The molecule has 6 heteroatoms. The Morgan fingerprint density at radius 1 is 1.09 bits per heavy atom. The van der Waals surface area contributed by atoms with Gasteiger partial charge < -0.3 is 4.90 Å². The molecule has 6 nitrogen and oxygen atoms in total. The Hall–Kier alpha value is -2.47. The summed E-state index contributed by atoms with van der Waals surface area (Å²) in [5, 5.41) is 8.44. The van der Waals surface area contributed by atoms with Crippen molar-refractivity contribution in [3.63, 3.8) is 0 Å². The predicted molar refractivity (Wildman–Crippen MR) is 88.5 cm³/mol. The number of rotatable bonds is 9. The van der Waals surface area contributed by atoms with Crippen molar-refractivity contribution in [1.82, 2.24) is 15.4 Å². The number of carbonyl (C=O) groups excluding carboxylic acids is 1. The molecule has 0 aliphatic rings. The van der Waals surface area contributed by atoms with Crippen LogP contribution in [0.5, 0.6) is 0 Å². The number of hydroxylamine groups is 1. The summed E-state index contributed by atoms with van der Waals surface area (Å²) in [6.07, 6.45) is 9.48. The number of unbranched alkanes of at least 4 members (excludes halogenated alkanes) is 3. The van der Waals surface area contributed by atoms with Gasteiger partial charge >= 0.3 is 0 Å². The zero-order valence-electron chi connectivity index (χ0n) is 13.1. The van der Waals surface area contributed by atoms with E-state index in [0.29, 0.717) is 6.42 Å². The first-order valence-electron chi connectivity index (χ1n) is 7.83. The molecule has 1 amide bonds. The van der Waals surface area contributed by atoms with Gasteiger partial charge in [0.15, 0.2) is 0 Å². The lowest BCUT2D eigenvalue weighted by molar-refractivity contribution is -0.129. The molecule has 0 saturated carbocycles. The van der Waals surface area contributed by atoms with E-state index in [9.17, 15) is 4.79 Å². The highest BCUT2D eigenvalue weighted by atomic mass is 16.5. The molecule has 23 heavy (non-hydrogen) atoms. The smallest absolute Gasteiger partial charge is 0.243 e. The van der Waals surface area contributed by atoms with Gasteiger partial charge in [-0.2, -0.15) is 0 Å². The van der Waals surface area contributed by atoms with Gasteiger partial charge in [0, 0.05) is 25.4 Å². The van der Waals surface area contributed by atoms with Crippen molar-refractivity contribution in [3.8, 4) is 0 Å². The van der Waals surface area contributed by atoms with E-state index >= 15 is 0 Å². The summed E-state index contributed by atoms with van der Waals surface area (Å²) in [6.45, 7) is 0.842. The molecule has 122 valence electrons. The van der Waals surface area contributed by atoms with E-state index in [4.69, 9.17) is 5.21 Å². The molecule has 2 rings (SSSR count). The van der Waals surface area contributed by atoms with Crippen LogP contribution in [0.25, 0.3) is 0 Å². The van der Waals surface area contributed by atoms with E-state index in [0.717, 1.165) is 43.7 Å². The maximum atomic E-state index is 10.9. The van der Waals surface area contributed by atoms with Gasteiger partial charge in [-0.05, 0) is 37.1 Å². The fourth-order valence-corrected chi connectivity index (χ4v) is 2.37. The average molecular weight is 314 g/mol. The number of anilines is 2. The van der Waals surface area contributed by atoms with Crippen LogP contribution in [0, 0.1) is 0 Å². The monoisotopic (exact) mass is 314 g/mol. The van der Waals surface area contributed by atoms with Crippen molar-refractivity contribution >= 4 is 17.4 Å². The Morgan fingerprint density at radius 2 is 1.96 bits per heavy atom. The number of amides is 1. The van der Waals surface area contributed by atoms with Gasteiger partial charge in [0.05, 0.1) is 11.9 Å². The van der Waals surface area contributed by atoms with Crippen molar-refractivity contribution in [2.75, 3.05) is 11.4 Å². The highest BCUT2D eigenvalue weighted by molar-refractivity contribution is 5.74. The van der Waals surface area contributed by atoms with E-state index in [1.807, 2.05) is 36.5 Å². The lowest BCUT2D eigenvalue weighted by atomic mass is 10.1. The average Bonchev–Trinajstić information content (AvgIpc) is 2.62. The van der Waals surface area contributed by atoms with Gasteiger partial charge in [0.1, 0.15) is 5.82 Å². The molecule has 0 bridgehead atoms. The third-order valence-corrected chi connectivity index (χ3v) is 3.54. The second-order valence-electron chi connectivity index (χ2n) is 5.25. The van der Waals surface area contributed by atoms with Gasteiger partial charge in [0.2, 0.25) is 5.91 Å². The second-order valence-corrected chi connectivity index (χ2v) is 5.25. The molecule has 2 aromatic heterocycles. The minimum absolute atomic E-state index is 0.324. The minimum atomic E-state index is -0.324. The fraction of sp³-hybridized carbons (Fsp3) is 0.353. The molecule has 0 spiro atoms. The van der Waals surface area contributed by atoms with Gasteiger partial charge in [-0.15, -0.1) is 0 Å². The Bertz CT molecular complexity index is 538. The van der Waals surface area contributed by atoms with Crippen LogP contribution >= 0.6 is 0 Å². The largest absolute Gasteiger partial charge is 0.325 e.